The van der Waals surface area contributed by atoms with Gasteiger partial charge >= 0.3 is 0 Å². The Morgan fingerprint density at radius 1 is 1.05 bits per heavy atom. The van der Waals surface area contributed by atoms with Crippen LogP contribution in [-0.2, 0) is 6.61 Å². The number of aryl methyl sites for hydroxylation is 1. The van der Waals surface area contributed by atoms with E-state index >= 15 is 0 Å². The second kappa shape index (κ2) is 6.65. The van der Waals surface area contributed by atoms with Crippen molar-refractivity contribution >= 4 is 5.91 Å². The summed E-state index contributed by atoms with van der Waals surface area (Å²) in [7, 11) is 0. The van der Waals surface area contributed by atoms with Crippen molar-refractivity contribution in [3.8, 4) is 5.75 Å². The Morgan fingerprint density at radius 3 is 2.50 bits per heavy atom. The van der Waals surface area contributed by atoms with Crippen LogP contribution in [0.5, 0.6) is 5.75 Å². The molecule has 3 nitrogen and oxygen atoms in total. The molecule has 1 amide bonds. The molecule has 0 atom stereocenters. The maximum absolute atomic E-state index is 12.6. The highest BCUT2D eigenvalue weighted by atomic mass is 16.5. The van der Waals surface area contributed by atoms with Gasteiger partial charge in [0, 0.05) is 24.2 Å². The zero-order valence-electron chi connectivity index (χ0n) is 12.9. The van der Waals surface area contributed by atoms with Gasteiger partial charge in [-0.25, -0.2) is 0 Å². The lowest BCUT2D eigenvalue weighted by Gasteiger charge is -2.18. The normalized spacial score (nSPS) is 14.1. The van der Waals surface area contributed by atoms with Crippen molar-refractivity contribution in [1.29, 1.82) is 0 Å². The van der Waals surface area contributed by atoms with Crippen molar-refractivity contribution in [3.05, 3.63) is 65.2 Å². The molecule has 1 heterocycles. The zero-order chi connectivity index (χ0) is 15.4. The Hall–Kier alpha value is -2.29. The topological polar surface area (TPSA) is 29.5 Å². The van der Waals surface area contributed by atoms with Crippen LogP contribution in [0.4, 0.5) is 0 Å². The molecule has 2 aromatic rings. The average Bonchev–Trinajstić information content (AvgIpc) is 3.08. The van der Waals surface area contributed by atoms with Crippen molar-refractivity contribution in [2.24, 2.45) is 0 Å². The summed E-state index contributed by atoms with van der Waals surface area (Å²) in [6.45, 7) is 4.18. The fourth-order valence-electron chi connectivity index (χ4n) is 2.82. The summed E-state index contributed by atoms with van der Waals surface area (Å²) >= 11 is 0. The van der Waals surface area contributed by atoms with Gasteiger partial charge in [0.25, 0.3) is 5.91 Å². The number of hydrogen-bond acceptors (Lipinski definition) is 2. The number of carbonyl (C=O) groups is 1. The fourth-order valence-corrected chi connectivity index (χ4v) is 2.82. The largest absolute Gasteiger partial charge is 0.489 e. The molecule has 0 N–H and O–H groups in total. The minimum atomic E-state index is 0.126. The minimum absolute atomic E-state index is 0.126. The lowest BCUT2D eigenvalue weighted by Crippen LogP contribution is -2.28. The van der Waals surface area contributed by atoms with Crippen molar-refractivity contribution in [2.75, 3.05) is 13.1 Å². The van der Waals surface area contributed by atoms with Gasteiger partial charge in [-0.15, -0.1) is 0 Å². The number of rotatable bonds is 4. The number of benzene rings is 2. The summed E-state index contributed by atoms with van der Waals surface area (Å²) in [6, 6.07) is 15.7. The highest BCUT2D eigenvalue weighted by Gasteiger charge is 2.21. The van der Waals surface area contributed by atoms with E-state index in [0.717, 1.165) is 48.4 Å². The van der Waals surface area contributed by atoms with Crippen LogP contribution >= 0.6 is 0 Å². The molecule has 2 aromatic carbocycles. The van der Waals surface area contributed by atoms with Crippen LogP contribution in [0.2, 0.25) is 0 Å². The van der Waals surface area contributed by atoms with Gasteiger partial charge in [-0.05, 0) is 37.5 Å². The Morgan fingerprint density at radius 2 is 1.73 bits per heavy atom. The molecule has 1 saturated heterocycles. The molecule has 0 aromatic heterocycles. The highest BCUT2D eigenvalue weighted by Crippen LogP contribution is 2.21. The Labute approximate surface area is 131 Å². The van der Waals surface area contributed by atoms with Crippen molar-refractivity contribution in [2.45, 2.75) is 26.4 Å². The van der Waals surface area contributed by atoms with Crippen LogP contribution in [0.3, 0.4) is 0 Å². The molecule has 22 heavy (non-hydrogen) atoms. The Kier molecular flexibility index (Phi) is 4.42. The molecule has 0 bridgehead atoms. The predicted molar refractivity (Wildman–Crippen MR) is 87.1 cm³/mol. The van der Waals surface area contributed by atoms with Gasteiger partial charge in [0.2, 0.25) is 0 Å². The molecule has 1 fully saturated rings. The highest BCUT2D eigenvalue weighted by molar-refractivity contribution is 5.95. The zero-order valence-corrected chi connectivity index (χ0v) is 12.9. The summed E-state index contributed by atoms with van der Waals surface area (Å²) in [4.78, 5) is 14.6. The summed E-state index contributed by atoms with van der Waals surface area (Å²) in [6.07, 6.45) is 2.21. The average molecular weight is 295 g/mol. The van der Waals surface area contributed by atoms with E-state index in [-0.39, 0.29) is 5.91 Å². The Balaban J connectivity index is 1.76. The second-order valence-corrected chi connectivity index (χ2v) is 5.71. The lowest BCUT2D eigenvalue weighted by molar-refractivity contribution is 0.0790. The van der Waals surface area contributed by atoms with Crippen molar-refractivity contribution in [1.82, 2.24) is 4.90 Å². The van der Waals surface area contributed by atoms with E-state index in [2.05, 4.69) is 0 Å². The van der Waals surface area contributed by atoms with E-state index < -0.39 is 0 Å². The molecule has 0 unspecified atom stereocenters. The number of carbonyl (C=O) groups excluding carboxylic acids is 1. The van der Waals surface area contributed by atoms with Gasteiger partial charge in [-0.1, -0.05) is 36.4 Å². The predicted octanol–water partition coefficient (Wildman–Crippen LogP) is 3.81. The number of ether oxygens (including phenoxy) is 1. The van der Waals surface area contributed by atoms with Gasteiger partial charge in [0.1, 0.15) is 12.4 Å². The molecule has 1 aliphatic rings. The van der Waals surface area contributed by atoms with Gasteiger partial charge in [-0.3, -0.25) is 4.79 Å². The minimum Gasteiger partial charge on any atom is -0.489 e. The molecule has 0 spiro atoms. The monoisotopic (exact) mass is 295 g/mol. The Bertz CT molecular complexity index is 660. The van der Waals surface area contributed by atoms with Gasteiger partial charge in [0.05, 0.1) is 0 Å². The van der Waals surface area contributed by atoms with Crippen LogP contribution < -0.4 is 4.74 Å². The third-order valence-corrected chi connectivity index (χ3v) is 4.12. The van der Waals surface area contributed by atoms with Crippen LogP contribution in [0.15, 0.2) is 48.5 Å². The van der Waals surface area contributed by atoms with Crippen molar-refractivity contribution in [3.63, 3.8) is 0 Å². The molecule has 114 valence electrons. The number of likely N-dealkylation sites (tertiary alicyclic amines) is 1. The molecule has 0 saturated carbocycles. The van der Waals surface area contributed by atoms with Gasteiger partial charge in [0.15, 0.2) is 0 Å². The standard InChI is InChI=1S/C19H21NO2/c1-15-8-2-5-11-18(15)22-14-16-9-3-4-10-17(16)19(21)20-12-6-7-13-20/h2-5,8-11H,6-7,12-14H2,1H3. The molecule has 0 aliphatic carbocycles. The fraction of sp³-hybridized carbons (Fsp3) is 0.316. The van der Waals surface area contributed by atoms with Crippen LogP contribution in [0.25, 0.3) is 0 Å². The molecule has 3 rings (SSSR count). The van der Waals surface area contributed by atoms with E-state index in [0.29, 0.717) is 6.61 Å². The molecule has 0 radical (unpaired) electrons. The van der Waals surface area contributed by atoms with Crippen molar-refractivity contribution < 1.29 is 9.53 Å². The number of para-hydroxylation sites is 1. The first-order valence-electron chi connectivity index (χ1n) is 7.81. The van der Waals surface area contributed by atoms with Gasteiger partial charge < -0.3 is 9.64 Å². The van der Waals surface area contributed by atoms with Crippen LogP contribution in [0, 0.1) is 6.92 Å². The summed E-state index contributed by atoms with van der Waals surface area (Å²) in [5, 5.41) is 0. The molecule has 3 heteroatoms. The van der Waals surface area contributed by atoms with Crippen LogP contribution in [-0.4, -0.2) is 23.9 Å². The van der Waals surface area contributed by atoms with Gasteiger partial charge in [-0.2, -0.15) is 0 Å². The second-order valence-electron chi connectivity index (χ2n) is 5.71. The maximum atomic E-state index is 12.6. The van der Waals surface area contributed by atoms with E-state index in [4.69, 9.17) is 4.74 Å². The quantitative estimate of drug-likeness (QED) is 0.858. The first kappa shape index (κ1) is 14.6. The number of amides is 1. The maximum Gasteiger partial charge on any atom is 0.254 e. The number of nitrogens with zero attached hydrogens (tertiary/aromatic N) is 1. The number of hydrogen-bond donors (Lipinski definition) is 0. The molecular weight excluding hydrogens is 274 g/mol. The molecule has 1 aliphatic heterocycles. The first-order valence-corrected chi connectivity index (χ1v) is 7.81. The SMILES string of the molecule is Cc1ccccc1OCc1ccccc1C(=O)N1CCCC1. The summed E-state index contributed by atoms with van der Waals surface area (Å²) in [5.74, 6) is 0.993. The first-order chi connectivity index (χ1) is 10.8. The third-order valence-electron chi connectivity index (χ3n) is 4.12. The third kappa shape index (κ3) is 3.14. The van der Waals surface area contributed by atoms with E-state index in [1.807, 2.05) is 60.4 Å². The van der Waals surface area contributed by atoms with E-state index in [1.165, 1.54) is 0 Å². The summed E-state index contributed by atoms with van der Waals surface area (Å²) in [5.41, 5.74) is 2.81. The molecular formula is C19H21NO2. The van der Waals surface area contributed by atoms with Crippen LogP contribution in [0.1, 0.15) is 34.3 Å². The van der Waals surface area contributed by atoms with E-state index in [1.54, 1.807) is 0 Å². The lowest BCUT2D eigenvalue weighted by atomic mass is 10.1. The summed E-state index contributed by atoms with van der Waals surface area (Å²) < 4.78 is 5.91. The smallest absolute Gasteiger partial charge is 0.254 e. The van der Waals surface area contributed by atoms with E-state index in [9.17, 15) is 4.79 Å².